The van der Waals surface area contributed by atoms with E-state index >= 15 is 0 Å². The van der Waals surface area contributed by atoms with Crippen molar-refractivity contribution in [2.75, 3.05) is 181 Å². The number of carbonyl (C=O) groups is 7. The number of hydrogen-bond donors (Lipinski definition) is 7. The lowest BCUT2D eigenvalue weighted by molar-refractivity contribution is -0.139. The summed E-state index contributed by atoms with van der Waals surface area (Å²) in [6.07, 6.45) is -0.605. The molecule has 0 aliphatic heterocycles. The molecule has 0 saturated heterocycles. The molecule has 0 aliphatic rings. The molecule has 27 nitrogen and oxygen atoms in total. The molecule has 0 aliphatic carbocycles. The average molecular weight is 1210 g/mol. The fourth-order valence-electron chi connectivity index (χ4n) is 6.39. The maximum absolute atomic E-state index is 13.0. The number of aliphatic carboxylic acids is 1. The number of benzene rings is 2. The van der Waals surface area contributed by atoms with Gasteiger partial charge in [-0.05, 0) is 23.3 Å². The number of carboxylic acid groups (broad SMARTS) is 1. The molecular weight excluding hydrogens is 1130 g/mol. The van der Waals surface area contributed by atoms with Crippen LogP contribution in [-0.2, 0) is 93.9 Å². The molecule has 0 bridgehead atoms. The van der Waals surface area contributed by atoms with Gasteiger partial charge in [-0.1, -0.05) is 54.2 Å². The Kier molecular flexibility index (Phi) is 41.9. The number of amides is 6. The Morgan fingerprint density at radius 3 is 1.41 bits per heavy atom. The summed E-state index contributed by atoms with van der Waals surface area (Å²) in [5.41, 5.74) is 1.86. The topological polar surface area (TPSA) is 336 Å². The van der Waals surface area contributed by atoms with Gasteiger partial charge in [0, 0.05) is 43.3 Å². The lowest BCUT2D eigenvalue weighted by Gasteiger charge is -2.17. The van der Waals surface area contributed by atoms with Crippen LogP contribution in [-0.4, -0.2) is 228 Å². The molecule has 0 fully saturated rings. The Morgan fingerprint density at radius 1 is 0.518 bits per heavy atom. The number of nitrogens with one attached hydrogen (secondary N) is 6. The number of anilines is 2. The van der Waals surface area contributed by atoms with Crippen LogP contribution in [0.1, 0.15) is 41.4 Å². The number of urea groups is 1. The van der Waals surface area contributed by atoms with E-state index < -0.39 is 48.7 Å². The van der Waals surface area contributed by atoms with Crippen LogP contribution in [0.4, 0.5) is 15.6 Å². The quantitative estimate of drug-likeness (QED) is 0.0399. The van der Waals surface area contributed by atoms with Gasteiger partial charge in [0.25, 0.3) is 5.91 Å². The summed E-state index contributed by atoms with van der Waals surface area (Å²) in [6, 6.07) is 13.7. The molecule has 1 atom stereocenters. The van der Waals surface area contributed by atoms with E-state index in [1.165, 1.54) is 24.1 Å². The Labute approximate surface area is 491 Å². The van der Waals surface area contributed by atoms with Crippen molar-refractivity contribution in [3.05, 3.63) is 76.8 Å². The summed E-state index contributed by atoms with van der Waals surface area (Å²) < 4.78 is 65.7. The van der Waals surface area contributed by atoms with Crippen molar-refractivity contribution in [1.29, 1.82) is 0 Å². The molecule has 0 saturated carbocycles. The van der Waals surface area contributed by atoms with Crippen LogP contribution in [0.2, 0.25) is 0 Å². The second kappa shape index (κ2) is 48.6. The van der Waals surface area contributed by atoms with Crippen LogP contribution < -0.4 is 31.9 Å². The lowest BCUT2D eigenvalue weighted by atomic mass is 10.1. The number of thiazole rings is 1. The number of hydrogen-bond acceptors (Lipinski definition) is 22. The molecule has 0 unspecified atom stereocenters. The number of carboxylic acids is 1. The maximum atomic E-state index is 13.0. The van der Waals surface area contributed by atoms with Gasteiger partial charge in [-0.25, -0.2) is 9.78 Å². The van der Waals surface area contributed by atoms with Gasteiger partial charge in [0.15, 0.2) is 10.2 Å². The standard InChI is InChI=1S/C54H81N7O20S2/c1-42(62)82-36-35-81-34-33-80-32-31-79-30-29-78-28-27-77-26-25-76-24-23-75-22-21-74-20-19-73-18-17-72-16-15-71-14-13-70-12-11-48(63)55-38-44-7-9-45(10-8-44)58-52(68)46(37-50(65)66)59-49(64)40-56-51(67)47-41-83-54(60-47)61-53(69)57-39-43-5-3-2-4-6-43/h2-10,41,46H,11-40H2,1H3,(H,55,63)(H,56,67)(H,58,68)(H,59,64)(H,65,66)(H2,57,60,61,69)/t46-/m0/s1. The highest BCUT2D eigenvalue weighted by molar-refractivity contribution is 8.13. The largest absolute Gasteiger partial charge is 0.481 e. The molecule has 464 valence electrons. The third-order valence-corrected chi connectivity index (χ3v) is 12.0. The minimum Gasteiger partial charge on any atom is -0.481 e. The number of rotatable bonds is 52. The zero-order chi connectivity index (χ0) is 59.6. The predicted molar refractivity (Wildman–Crippen MR) is 305 cm³/mol. The van der Waals surface area contributed by atoms with Gasteiger partial charge in [-0.2, -0.15) is 0 Å². The van der Waals surface area contributed by atoms with Crippen LogP contribution in [0.5, 0.6) is 0 Å². The summed E-state index contributed by atoms with van der Waals surface area (Å²) in [6.45, 7) is 11.8. The van der Waals surface area contributed by atoms with Gasteiger partial charge in [-0.15, -0.1) is 11.3 Å². The van der Waals surface area contributed by atoms with Crippen LogP contribution in [0, 0.1) is 0 Å². The maximum Gasteiger partial charge on any atom is 0.321 e. The third kappa shape index (κ3) is 40.2. The monoisotopic (exact) mass is 1210 g/mol. The van der Waals surface area contributed by atoms with Gasteiger partial charge >= 0.3 is 12.0 Å². The van der Waals surface area contributed by atoms with Crippen molar-refractivity contribution in [1.82, 2.24) is 26.3 Å². The van der Waals surface area contributed by atoms with E-state index in [2.05, 4.69) is 36.9 Å². The first-order valence-corrected chi connectivity index (χ1v) is 28.9. The first-order valence-electron chi connectivity index (χ1n) is 27.0. The van der Waals surface area contributed by atoms with Gasteiger partial charge in [0.2, 0.25) is 17.7 Å². The molecule has 83 heavy (non-hydrogen) atoms. The third-order valence-electron chi connectivity index (χ3n) is 10.5. The first-order chi connectivity index (χ1) is 40.5. The molecule has 7 N–H and O–H groups in total. The van der Waals surface area contributed by atoms with E-state index in [0.717, 1.165) is 22.5 Å². The summed E-state index contributed by atoms with van der Waals surface area (Å²) >= 11 is 2.24. The molecule has 3 aromatic rings. The Balaban J connectivity index is 1.05. The zero-order valence-electron chi connectivity index (χ0n) is 47.0. The predicted octanol–water partition coefficient (Wildman–Crippen LogP) is 2.28. The number of ether oxygens (including phenoxy) is 12. The number of aromatic nitrogens is 1. The molecule has 29 heteroatoms. The van der Waals surface area contributed by atoms with Crippen molar-refractivity contribution in [2.45, 2.75) is 38.9 Å². The van der Waals surface area contributed by atoms with Gasteiger partial charge in [0.05, 0.1) is 172 Å². The molecule has 0 spiro atoms. The first kappa shape index (κ1) is 71.5. The van der Waals surface area contributed by atoms with Crippen molar-refractivity contribution in [2.24, 2.45) is 0 Å². The van der Waals surface area contributed by atoms with E-state index in [1.807, 2.05) is 30.3 Å². The van der Waals surface area contributed by atoms with Gasteiger partial charge in [0.1, 0.15) is 11.7 Å². The normalized spacial score (nSPS) is 11.4. The molecule has 1 aromatic heterocycles. The van der Waals surface area contributed by atoms with E-state index in [1.54, 1.807) is 24.3 Å². The molecule has 1 heterocycles. The Bertz CT molecular complexity index is 2240. The van der Waals surface area contributed by atoms with Crippen molar-refractivity contribution in [3.63, 3.8) is 0 Å². The van der Waals surface area contributed by atoms with Crippen molar-refractivity contribution < 1.29 is 95.5 Å². The van der Waals surface area contributed by atoms with E-state index in [9.17, 15) is 38.7 Å². The average Bonchev–Trinajstić information content (AvgIpc) is 4.03. The molecule has 3 rings (SSSR count). The summed E-state index contributed by atoms with van der Waals surface area (Å²) in [5.74, 6) is -3.29. The second-order valence-corrected chi connectivity index (χ2v) is 19.3. The molecule has 0 radical (unpaired) electrons. The van der Waals surface area contributed by atoms with Crippen LogP contribution in [0.15, 0.2) is 60.0 Å². The van der Waals surface area contributed by atoms with Crippen LogP contribution in [0.25, 0.3) is 0 Å². The van der Waals surface area contributed by atoms with Crippen LogP contribution in [0.3, 0.4) is 0 Å². The highest BCUT2D eigenvalue weighted by Gasteiger charge is 2.25. The van der Waals surface area contributed by atoms with Crippen LogP contribution >= 0.6 is 23.1 Å². The summed E-state index contributed by atoms with van der Waals surface area (Å²) in [7, 11) is 0. The Morgan fingerprint density at radius 2 is 0.952 bits per heavy atom. The number of nitrogens with zero attached hydrogens (tertiary/aromatic N) is 1. The highest BCUT2D eigenvalue weighted by atomic mass is 32.2. The smallest absolute Gasteiger partial charge is 0.321 e. The van der Waals surface area contributed by atoms with Gasteiger partial charge < -0.3 is 88.5 Å². The van der Waals surface area contributed by atoms with Gasteiger partial charge in [-0.3, -0.25) is 34.1 Å². The van der Waals surface area contributed by atoms with E-state index in [4.69, 9.17) is 56.8 Å². The fourth-order valence-corrected chi connectivity index (χ4v) is 7.56. The lowest BCUT2D eigenvalue weighted by Crippen LogP contribution is -2.48. The number of thioether (sulfide) groups is 1. The summed E-state index contributed by atoms with van der Waals surface area (Å²) in [4.78, 5) is 89.3. The SMILES string of the molecule is CC(=O)SCCOCCOCCOCCOCCOCCOCCOCCOCCOCCOCCOCCOCCC(=O)NCc1ccc(NC(=O)[C@H](CC(=O)O)NC(=O)CNC(=O)c2csc(NC(=O)NCc3ccccc3)n2)cc1. The minimum absolute atomic E-state index is 0.0674. The van der Waals surface area contributed by atoms with Crippen molar-refractivity contribution >= 4 is 74.7 Å². The summed E-state index contributed by atoms with van der Waals surface area (Å²) in [5, 5.41) is 26.3. The highest BCUT2D eigenvalue weighted by Crippen LogP contribution is 2.16. The minimum atomic E-state index is -1.47. The van der Waals surface area contributed by atoms with E-state index in [-0.39, 0.29) is 48.0 Å². The van der Waals surface area contributed by atoms with Crippen molar-refractivity contribution in [3.8, 4) is 0 Å². The molecule has 6 amide bonds. The van der Waals surface area contributed by atoms with E-state index in [0.29, 0.717) is 163 Å². The Hall–Kier alpha value is -5.77. The fraction of sp³-hybridized carbons (Fsp3) is 0.593. The molecular formula is C54H81N7O20S2. The zero-order valence-corrected chi connectivity index (χ0v) is 48.7. The number of carbonyl (C=O) groups excluding carboxylic acids is 6. The second-order valence-electron chi connectivity index (χ2n) is 17.1. The molecule has 2 aromatic carbocycles.